The number of carboxylic acid groups (broad SMARTS) is 1. The molecule has 0 radical (unpaired) electrons. The van der Waals surface area contributed by atoms with Gasteiger partial charge in [0.15, 0.2) is 11.4 Å². The van der Waals surface area contributed by atoms with E-state index in [0.717, 1.165) is 5.56 Å². The summed E-state index contributed by atoms with van der Waals surface area (Å²) in [5.74, 6) is -1.49. The van der Waals surface area contributed by atoms with Gasteiger partial charge in [-0.2, -0.15) is 5.10 Å². The van der Waals surface area contributed by atoms with Gasteiger partial charge in [-0.25, -0.2) is 14.3 Å². The summed E-state index contributed by atoms with van der Waals surface area (Å²) in [6, 6.07) is 3.47. The average molecular weight is 364 g/mol. The van der Waals surface area contributed by atoms with Gasteiger partial charge in [-0.15, -0.1) is 5.10 Å². The summed E-state index contributed by atoms with van der Waals surface area (Å²) < 4.78 is 3.30. The summed E-state index contributed by atoms with van der Waals surface area (Å²) >= 11 is 3.18. The van der Waals surface area contributed by atoms with Crippen molar-refractivity contribution in [1.82, 2.24) is 24.4 Å². The fourth-order valence-electron chi connectivity index (χ4n) is 2.20. The molecule has 0 unspecified atom stereocenters. The van der Waals surface area contributed by atoms with Crippen LogP contribution < -0.4 is 0 Å². The van der Waals surface area contributed by atoms with E-state index in [4.69, 9.17) is 5.11 Å². The number of nitrogens with zero attached hydrogens (tertiary/aromatic N) is 5. The molecule has 0 amide bonds. The number of aryl methyl sites for hydroxylation is 1. The number of pyridine rings is 1. The van der Waals surface area contributed by atoms with Gasteiger partial charge in [-0.1, -0.05) is 0 Å². The van der Waals surface area contributed by atoms with E-state index >= 15 is 0 Å². The first kappa shape index (κ1) is 14.4. The Hall–Kier alpha value is -2.55. The molecule has 0 aliphatic heterocycles. The molecule has 0 fully saturated rings. The van der Waals surface area contributed by atoms with E-state index in [-0.39, 0.29) is 23.5 Å². The molecule has 0 spiro atoms. The topological polar surface area (TPSA) is 102 Å². The summed E-state index contributed by atoms with van der Waals surface area (Å²) in [7, 11) is 1.54. The van der Waals surface area contributed by atoms with Gasteiger partial charge >= 0.3 is 5.97 Å². The van der Waals surface area contributed by atoms with Crippen molar-refractivity contribution in [2.24, 2.45) is 7.05 Å². The molecule has 22 heavy (non-hydrogen) atoms. The smallest absolute Gasteiger partial charge is 0.339 e. The van der Waals surface area contributed by atoms with Crippen LogP contribution in [0.2, 0.25) is 0 Å². The number of halogens is 1. The standard InChI is InChI=1S/C13H10BrN5O3/c1-18-11(8(6-15-18)12(21)22)9(20)4-7-2-3-19-10(5-7)16-13(14)17-19/h2-3,5-6H,4H2,1H3,(H,21,22). The molecular weight excluding hydrogens is 354 g/mol. The zero-order valence-corrected chi connectivity index (χ0v) is 13.0. The fourth-order valence-corrected chi connectivity index (χ4v) is 2.55. The number of Topliss-reactive ketones (excluding diaryl/α,β-unsaturated/α-hetero) is 1. The van der Waals surface area contributed by atoms with Crippen LogP contribution in [0.4, 0.5) is 0 Å². The highest BCUT2D eigenvalue weighted by atomic mass is 79.9. The number of carboxylic acids is 1. The Kier molecular flexibility index (Phi) is 3.49. The first-order chi connectivity index (χ1) is 10.5. The number of ketones is 1. The Morgan fingerprint density at radius 1 is 1.41 bits per heavy atom. The van der Waals surface area contributed by atoms with Crippen LogP contribution in [0.5, 0.6) is 0 Å². The molecule has 0 aliphatic carbocycles. The van der Waals surface area contributed by atoms with E-state index in [1.54, 1.807) is 29.9 Å². The Bertz CT molecular complexity index is 898. The lowest BCUT2D eigenvalue weighted by molar-refractivity contribution is 0.0691. The molecule has 0 aliphatic rings. The summed E-state index contributed by atoms with van der Waals surface area (Å²) in [6.07, 6.45) is 2.92. The zero-order chi connectivity index (χ0) is 15.9. The van der Waals surface area contributed by atoms with Crippen molar-refractivity contribution in [3.8, 4) is 0 Å². The van der Waals surface area contributed by atoms with Crippen LogP contribution in [0.1, 0.15) is 26.4 Å². The van der Waals surface area contributed by atoms with Crippen molar-refractivity contribution in [1.29, 1.82) is 0 Å². The molecule has 9 heteroatoms. The van der Waals surface area contributed by atoms with E-state index in [0.29, 0.717) is 10.4 Å². The van der Waals surface area contributed by atoms with Crippen LogP contribution in [0.25, 0.3) is 5.65 Å². The quantitative estimate of drug-likeness (QED) is 0.701. The number of carbonyl (C=O) groups excluding carboxylic acids is 1. The molecular formula is C13H10BrN5O3. The van der Waals surface area contributed by atoms with Crippen molar-refractivity contribution < 1.29 is 14.7 Å². The lowest BCUT2D eigenvalue weighted by atomic mass is 10.1. The minimum absolute atomic E-state index is 0.0563. The number of rotatable bonds is 4. The third-order valence-electron chi connectivity index (χ3n) is 3.17. The minimum Gasteiger partial charge on any atom is -0.478 e. The highest BCUT2D eigenvalue weighted by Gasteiger charge is 2.21. The summed E-state index contributed by atoms with van der Waals surface area (Å²) in [5.41, 5.74) is 1.30. The van der Waals surface area contributed by atoms with E-state index in [9.17, 15) is 9.59 Å². The molecule has 0 atom stereocenters. The number of aromatic nitrogens is 5. The van der Waals surface area contributed by atoms with Crippen molar-refractivity contribution >= 4 is 33.3 Å². The summed E-state index contributed by atoms with van der Waals surface area (Å²) in [4.78, 5) is 27.7. The molecule has 8 nitrogen and oxygen atoms in total. The third kappa shape index (κ3) is 2.50. The molecule has 112 valence electrons. The van der Waals surface area contributed by atoms with Crippen molar-refractivity contribution in [3.63, 3.8) is 0 Å². The van der Waals surface area contributed by atoms with Gasteiger partial charge in [-0.05, 0) is 33.6 Å². The monoisotopic (exact) mass is 363 g/mol. The SMILES string of the molecule is Cn1ncc(C(=O)O)c1C(=O)Cc1ccn2nc(Br)nc2c1. The molecule has 3 rings (SSSR count). The third-order valence-corrected chi connectivity index (χ3v) is 3.51. The Morgan fingerprint density at radius 3 is 2.91 bits per heavy atom. The van der Waals surface area contributed by atoms with Gasteiger partial charge in [0, 0.05) is 19.7 Å². The number of aromatic carboxylic acids is 1. The number of hydrogen-bond acceptors (Lipinski definition) is 5. The van der Waals surface area contributed by atoms with Gasteiger partial charge in [0.1, 0.15) is 11.3 Å². The van der Waals surface area contributed by atoms with Gasteiger partial charge in [0.05, 0.1) is 6.20 Å². The zero-order valence-electron chi connectivity index (χ0n) is 11.4. The maximum Gasteiger partial charge on any atom is 0.339 e. The highest BCUT2D eigenvalue weighted by Crippen LogP contribution is 2.14. The number of hydrogen-bond donors (Lipinski definition) is 1. The second-order valence-electron chi connectivity index (χ2n) is 4.65. The van der Waals surface area contributed by atoms with Crippen molar-refractivity contribution in [2.75, 3.05) is 0 Å². The van der Waals surface area contributed by atoms with E-state index in [1.165, 1.54) is 10.9 Å². The average Bonchev–Trinajstić information content (AvgIpc) is 3.00. The molecule has 3 heterocycles. The van der Waals surface area contributed by atoms with Gasteiger partial charge in [0.25, 0.3) is 0 Å². The lowest BCUT2D eigenvalue weighted by Gasteiger charge is -2.04. The Labute approximate surface area is 132 Å². The van der Waals surface area contributed by atoms with E-state index in [1.807, 2.05) is 0 Å². The van der Waals surface area contributed by atoms with Gasteiger partial charge in [0.2, 0.25) is 4.73 Å². The number of fused-ring (bicyclic) bond motifs is 1. The van der Waals surface area contributed by atoms with Crippen LogP contribution in [-0.4, -0.2) is 41.2 Å². The van der Waals surface area contributed by atoms with E-state index in [2.05, 4.69) is 31.1 Å². The number of carbonyl (C=O) groups is 2. The molecule has 3 aromatic rings. The normalized spacial score (nSPS) is 11.0. The molecule has 0 bridgehead atoms. The minimum atomic E-state index is -1.17. The maximum atomic E-state index is 12.4. The molecule has 3 aromatic heterocycles. The molecule has 0 aromatic carbocycles. The lowest BCUT2D eigenvalue weighted by Crippen LogP contribution is -2.14. The van der Waals surface area contributed by atoms with Crippen LogP contribution in [-0.2, 0) is 13.5 Å². The second-order valence-corrected chi connectivity index (χ2v) is 5.36. The van der Waals surface area contributed by atoms with Crippen molar-refractivity contribution in [3.05, 3.63) is 46.1 Å². The van der Waals surface area contributed by atoms with Crippen LogP contribution >= 0.6 is 15.9 Å². The predicted octanol–water partition coefficient (Wildman–Crippen LogP) is 1.35. The molecule has 0 saturated carbocycles. The van der Waals surface area contributed by atoms with Crippen LogP contribution in [0.15, 0.2) is 29.3 Å². The highest BCUT2D eigenvalue weighted by molar-refractivity contribution is 9.10. The first-order valence-electron chi connectivity index (χ1n) is 6.25. The summed E-state index contributed by atoms with van der Waals surface area (Å²) in [5, 5.41) is 17.0. The van der Waals surface area contributed by atoms with Gasteiger partial charge in [-0.3, -0.25) is 9.48 Å². The fraction of sp³-hybridized carbons (Fsp3) is 0.154. The predicted molar refractivity (Wildman–Crippen MR) is 78.9 cm³/mol. The molecule has 0 saturated heterocycles. The second kappa shape index (κ2) is 5.34. The Balaban J connectivity index is 1.92. The van der Waals surface area contributed by atoms with E-state index < -0.39 is 5.97 Å². The summed E-state index contributed by atoms with van der Waals surface area (Å²) in [6.45, 7) is 0. The Morgan fingerprint density at radius 2 is 2.18 bits per heavy atom. The van der Waals surface area contributed by atoms with Gasteiger partial charge < -0.3 is 5.11 Å². The maximum absolute atomic E-state index is 12.4. The molecule has 1 N–H and O–H groups in total. The van der Waals surface area contributed by atoms with Crippen LogP contribution in [0.3, 0.4) is 0 Å². The van der Waals surface area contributed by atoms with Crippen LogP contribution in [0, 0.1) is 0 Å². The largest absolute Gasteiger partial charge is 0.478 e. The van der Waals surface area contributed by atoms with Crippen molar-refractivity contribution in [2.45, 2.75) is 6.42 Å². The first-order valence-corrected chi connectivity index (χ1v) is 7.04.